The number of benzene rings is 1. The molecule has 0 saturated carbocycles. The van der Waals surface area contributed by atoms with Gasteiger partial charge in [-0.2, -0.15) is 16.4 Å². The Kier molecular flexibility index (Phi) is 5.57. The highest BCUT2D eigenvalue weighted by molar-refractivity contribution is 7.08. The van der Waals surface area contributed by atoms with Crippen LogP contribution in [0.5, 0.6) is 0 Å². The van der Waals surface area contributed by atoms with E-state index in [1.165, 1.54) is 22.9 Å². The smallest absolute Gasteiger partial charge is 0.322 e. The van der Waals surface area contributed by atoms with E-state index in [0.717, 1.165) is 19.4 Å². The van der Waals surface area contributed by atoms with Crippen molar-refractivity contribution < 1.29 is 9.59 Å². The molecule has 1 saturated heterocycles. The van der Waals surface area contributed by atoms with Crippen molar-refractivity contribution in [2.75, 3.05) is 17.2 Å². The summed E-state index contributed by atoms with van der Waals surface area (Å²) in [4.78, 5) is 30.8. The predicted molar refractivity (Wildman–Crippen MR) is 112 cm³/mol. The minimum Gasteiger partial charge on any atom is -0.324 e. The summed E-state index contributed by atoms with van der Waals surface area (Å²) in [6, 6.07) is 8.74. The van der Waals surface area contributed by atoms with Crippen LogP contribution in [0.1, 0.15) is 37.4 Å². The van der Waals surface area contributed by atoms with Gasteiger partial charge in [0.1, 0.15) is 18.7 Å². The predicted octanol–water partition coefficient (Wildman–Crippen LogP) is 3.91. The van der Waals surface area contributed by atoms with E-state index < -0.39 is 6.04 Å². The summed E-state index contributed by atoms with van der Waals surface area (Å²) in [7, 11) is 0. The summed E-state index contributed by atoms with van der Waals surface area (Å²) in [5.41, 5.74) is 2.53. The van der Waals surface area contributed by atoms with Crippen LogP contribution in [-0.4, -0.2) is 38.1 Å². The number of rotatable bonds is 5. The molecule has 1 fully saturated rings. The van der Waals surface area contributed by atoms with Gasteiger partial charge in [0, 0.05) is 17.9 Å². The lowest BCUT2D eigenvalue weighted by molar-refractivity contribution is -0.119. The van der Waals surface area contributed by atoms with Crippen LogP contribution in [-0.2, 0) is 4.79 Å². The molecule has 9 heteroatoms. The van der Waals surface area contributed by atoms with E-state index in [2.05, 4.69) is 32.2 Å². The molecule has 8 nitrogen and oxygen atoms in total. The van der Waals surface area contributed by atoms with E-state index in [-0.39, 0.29) is 18.0 Å². The van der Waals surface area contributed by atoms with Gasteiger partial charge in [-0.25, -0.2) is 14.5 Å². The second-order valence-electron chi connectivity index (χ2n) is 6.96. The number of thiophene rings is 1. The monoisotopic (exact) mass is 410 g/mol. The van der Waals surface area contributed by atoms with E-state index in [4.69, 9.17) is 0 Å². The van der Waals surface area contributed by atoms with Crippen molar-refractivity contribution in [3.8, 4) is 0 Å². The van der Waals surface area contributed by atoms with Crippen LogP contribution in [0.2, 0.25) is 0 Å². The Morgan fingerprint density at radius 2 is 1.93 bits per heavy atom. The molecule has 2 aromatic heterocycles. The van der Waals surface area contributed by atoms with Crippen molar-refractivity contribution in [3.05, 3.63) is 59.3 Å². The largest absolute Gasteiger partial charge is 0.324 e. The fraction of sp³-hybridized carbons (Fsp3) is 0.300. The zero-order valence-corrected chi connectivity index (χ0v) is 16.8. The van der Waals surface area contributed by atoms with Gasteiger partial charge < -0.3 is 15.5 Å². The zero-order valence-electron chi connectivity index (χ0n) is 16.0. The molecular weight excluding hydrogens is 388 g/mol. The molecule has 3 heterocycles. The first-order chi connectivity index (χ1) is 14.1. The summed E-state index contributed by atoms with van der Waals surface area (Å²) >= 11 is 1.65. The van der Waals surface area contributed by atoms with Gasteiger partial charge in [0.2, 0.25) is 5.91 Å². The Balaban J connectivity index is 1.35. The van der Waals surface area contributed by atoms with Gasteiger partial charge in [-0.3, -0.25) is 4.79 Å². The molecule has 3 amide bonds. The Bertz CT molecular complexity index is 956. The zero-order chi connectivity index (χ0) is 20.2. The molecule has 1 aromatic carbocycles. The van der Waals surface area contributed by atoms with E-state index in [9.17, 15) is 9.59 Å². The lowest BCUT2D eigenvalue weighted by Gasteiger charge is -2.24. The maximum absolute atomic E-state index is 12.7. The average molecular weight is 411 g/mol. The summed E-state index contributed by atoms with van der Waals surface area (Å²) in [6.07, 6.45) is 4.89. The molecule has 1 aliphatic heterocycles. The number of hydrogen-bond donors (Lipinski definition) is 2. The number of likely N-dealkylation sites (tertiary alicyclic amines) is 1. The fourth-order valence-corrected chi connectivity index (χ4v) is 4.14. The van der Waals surface area contributed by atoms with Crippen molar-refractivity contribution in [1.29, 1.82) is 0 Å². The van der Waals surface area contributed by atoms with Crippen LogP contribution in [0.15, 0.2) is 53.7 Å². The highest BCUT2D eigenvalue weighted by atomic mass is 32.1. The van der Waals surface area contributed by atoms with Crippen LogP contribution >= 0.6 is 11.3 Å². The second-order valence-corrected chi connectivity index (χ2v) is 7.74. The first kappa shape index (κ1) is 19.1. The van der Waals surface area contributed by atoms with Crippen molar-refractivity contribution in [2.45, 2.75) is 31.8 Å². The highest BCUT2D eigenvalue weighted by Gasteiger charge is 2.30. The SMILES string of the molecule is C[C@@H](C(=O)Nc1ccc(NC(=O)N2CCC[C@@H]2c2ccsc2)cc1)n1cncn1. The minimum absolute atomic E-state index is 0.102. The topological polar surface area (TPSA) is 92.2 Å². The number of urea groups is 1. The highest BCUT2D eigenvalue weighted by Crippen LogP contribution is 2.33. The molecule has 4 rings (SSSR count). The van der Waals surface area contributed by atoms with Crippen molar-refractivity contribution >= 4 is 34.6 Å². The second kappa shape index (κ2) is 8.44. The minimum atomic E-state index is -0.471. The van der Waals surface area contributed by atoms with Crippen LogP contribution in [0.25, 0.3) is 0 Å². The maximum Gasteiger partial charge on any atom is 0.322 e. The van der Waals surface area contributed by atoms with Crippen LogP contribution < -0.4 is 10.6 Å². The first-order valence-corrected chi connectivity index (χ1v) is 10.4. The third kappa shape index (κ3) is 4.29. The lowest BCUT2D eigenvalue weighted by atomic mass is 10.1. The van der Waals surface area contributed by atoms with Crippen molar-refractivity contribution in [3.63, 3.8) is 0 Å². The molecule has 0 radical (unpaired) electrons. The molecule has 2 atom stereocenters. The Morgan fingerprint density at radius 1 is 1.17 bits per heavy atom. The molecule has 0 spiro atoms. The number of anilines is 2. The van der Waals surface area contributed by atoms with E-state index >= 15 is 0 Å². The van der Waals surface area contributed by atoms with Gasteiger partial charge in [0.05, 0.1) is 6.04 Å². The standard InChI is InChI=1S/C20H22N6O2S/c1-14(26-13-21-12-22-26)19(27)23-16-4-6-17(7-5-16)24-20(28)25-9-2-3-18(25)15-8-10-29-11-15/h4-8,10-14,18H,2-3,9H2,1H3,(H,23,27)(H,24,28)/t14-,18+/m0/s1. The third-order valence-electron chi connectivity index (χ3n) is 5.06. The Labute approximate surface area is 172 Å². The van der Waals surface area contributed by atoms with E-state index in [1.807, 2.05) is 10.3 Å². The molecule has 0 unspecified atom stereocenters. The van der Waals surface area contributed by atoms with E-state index in [1.54, 1.807) is 42.5 Å². The Hall–Kier alpha value is -3.20. The fourth-order valence-electron chi connectivity index (χ4n) is 3.44. The number of amides is 3. The van der Waals surface area contributed by atoms with Gasteiger partial charge in [0.15, 0.2) is 0 Å². The number of carbonyl (C=O) groups is 2. The van der Waals surface area contributed by atoms with Gasteiger partial charge in [0.25, 0.3) is 0 Å². The molecular formula is C20H22N6O2S. The van der Waals surface area contributed by atoms with Crippen LogP contribution in [0, 0.1) is 0 Å². The summed E-state index contributed by atoms with van der Waals surface area (Å²) in [6.45, 7) is 2.50. The quantitative estimate of drug-likeness (QED) is 0.667. The average Bonchev–Trinajstić information content (AvgIpc) is 3.50. The van der Waals surface area contributed by atoms with Gasteiger partial charge in [-0.1, -0.05) is 0 Å². The molecule has 1 aliphatic rings. The molecule has 150 valence electrons. The third-order valence-corrected chi connectivity index (χ3v) is 5.76. The number of nitrogens with one attached hydrogen (secondary N) is 2. The van der Waals surface area contributed by atoms with Gasteiger partial charge >= 0.3 is 6.03 Å². The summed E-state index contributed by atoms with van der Waals surface area (Å²) in [5.74, 6) is -0.192. The number of hydrogen-bond acceptors (Lipinski definition) is 5. The molecule has 0 aliphatic carbocycles. The molecule has 3 aromatic rings. The first-order valence-electron chi connectivity index (χ1n) is 9.46. The molecule has 0 bridgehead atoms. The van der Waals surface area contributed by atoms with Gasteiger partial charge in [-0.15, -0.1) is 0 Å². The molecule has 2 N–H and O–H groups in total. The van der Waals surface area contributed by atoms with Crippen LogP contribution in [0.3, 0.4) is 0 Å². The van der Waals surface area contributed by atoms with Gasteiger partial charge in [-0.05, 0) is 66.4 Å². The van der Waals surface area contributed by atoms with Crippen molar-refractivity contribution in [1.82, 2.24) is 19.7 Å². The van der Waals surface area contributed by atoms with Crippen molar-refractivity contribution in [2.24, 2.45) is 0 Å². The maximum atomic E-state index is 12.7. The lowest BCUT2D eigenvalue weighted by Crippen LogP contribution is -2.34. The summed E-state index contributed by atoms with van der Waals surface area (Å²) in [5, 5.41) is 13.9. The number of aromatic nitrogens is 3. The number of carbonyl (C=O) groups excluding carboxylic acids is 2. The number of nitrogens with zero attached hydrogens (tertiary/aromatic N) is 4. The Morgan fingerprint density at radius 3 is 2.59 bits per heavy atom. The summed E-state index contributed by atoms with van der Waals surface area (Å²) < 4.78 is 1.49. The van der Waals surface area contributed by atoms with Crippen LogP contribution in [0.4, 0.5) is 16.2 Å². The molecule has 29 heavy (non-hydrogen) atoms. The van der Waals surface area contributed by atoms with E-state index in [0.29, 0.717) is 11.4 Å². The normalized spacial score (nSPS) is 17.1.